The van der Waals surface area contributed by atoms with Crippen LogP contribution in [0.1, 0.15) is 12.7 Å². The topological polar surface area (TPSA) is 95.6 Å². The molecule has 0 atom stereocenters. The van der Waals surface area contributed by atoms with E-state index in [2.05, 4.69) is 9.97 Å². The van der Waals surface area contributed by atoms with Crippen molar-refractivity contribution in [1.82, 2.24) is 19.2 Å². The van der Waals surface area contributed by atoms with E-state index in [0.29, 0.717) is 25.3 Å². The van der Waals surface area contributed by atoms with E-state index in [9.17, 15) is 13.2 Å². The smallest absolute Gasteiger partial charge is 0.260 e. The van der Waals surface area contributed by atoms with Gasteiger partial charge in [0.05, 0.1) is 6.20 Å². The minimum absolute atomic E-state index is 0.0210. The lowest BCUT2D eigenvalue weighted by atomic mass is 10.3. The molecule has 1 aromatic heterocycles. The summed E-state index contributed by atoms with van der Waals surface area (Å²) in [7, 11) is -2.11. The Hall–Kier alpha value is -1.45. The van der Waals surface area contributed by atoms with E-state index in [-0.39, 0.29) is 30.6 Å². The molecule has 2 heterocycles. The van der Waals surface area contributed by atoms with Crippen LogP contribution in [0.4, 0.5) is 0 Å². The van der Waals surface area contributed by atoms with E-state index in [1.807, 2.05) is 6.92 Å². The lowest BCUT2D eigenvalue weighted by molar-refractivity contribution is -0.136. The molecular formula is C12H20N4O4S. The van der Waals surface area contributed by atoms with Crippen molar-refractivity contribution in [2.75, 3.05) is 39.9 Å². The Kier molecular flexibility index (Phi) is 4.96. The first-order valence-electron chi connectivity index (χ1n) is 6.79. The van der Waals surface area contributed by atoms with Crippen molar-refractivity contribution in [1.29, 1.82) is 0 Å². The second-order valence-corrected chi connectivity index (χ2v) is 6.67. The molecule has 2 rings (SSSR count). The van der Waals surface area contributed by atoms with Crippen LogP contribution in [0.15, 0.2) is 11.2 Å². The Morgan fingerprint density at radius 3 is 2.57 bits per heavy atom. The molecule has 0 saturated carbocycles. The number of aryl methyl sites for hydroxylation is 1. The number of ether oxygens (including phenoxy) is 1. The number of piperazine rings is 1. The van der Waals surface area contributed by atoms with Crippen LogP contribution in [-0.2, 0) is 26.0 Å². The van der Waals surface area contributed by atoms with Gasteiger partial charge >= 0.3 is 0 Å². The first-order valence-corrected chi connectivity index (χ1v) is 8.23. The average molecular weight is 316 g/mol. The standard InChI is InChI=1S/C12H20N4O4S/c1-3-10-13-8-11(14-10)21(18,19)16-6-4-15(5-7-16)12(17)9-20-2/h8H,3-7,9H2,1-2H3,(H,13,14). The van der Waals surface area contributed by atoms with Gasteiger partial charge in [-0.15, -0.1) is 0 Å². The van der Waals surface area contributed by atoms with Gasteiger partial charge in [-0.2, -0.15) is 4.31 Å². The molecule has 8 nitrogen and oxygen atoms in total. The lowest BCUT2D eigenvalue weighted by Crippen LogP contribution is -2.51. The van der Waals surface area contributed by atoms with Gasteiger partial charge in [-0.3, -0.25) is 4.79 Å². The fourth-order valence-electron chi connectivity index (χ4n) is 2.19. The number of nitrogens with zero attached hydrogens (tertiary/aromatic N) is 3. The van der Waals surface area contributed by atoms with Crippen LogP contribution >= 0.6 is 0 Å². The second kappa shape index (κ2) is 6.54. The van der Waals surface area contributed by atoms with Gasteiger partial charge in [0.25, 0.3) is 10.0 Å². The van der Waals surface area contributed by atoms with Crippen molar-refractivity contribution < 1.29 is 17.9 Å². The molecule has 0 unspecified atom stereocenters. The molecule has 1 saturated heterocycles. The predicted molar refractivity (Wildman–Crippen MR) is 75.2 cm³/mol. The lowest BCUT2D eigenvalue weighted by Gasteiger charge is -2.33. The third-order valence-corrected chi connectivity index (χ3v) is 5.23. The van der Waals surface area contributed by atoms with E-state index in [4.69, 9.17) is 4.74 Å². The molecule has 0 bridgehead atoms. The molecule has 118 valence electrons. The largest absolute Gasteiger partial charge is 0.375 e. The predicted octanol–water partition coefficient (Wildman–Crippen LogP) is -0.549. The first kappa shape index (κ1) is 15.9. The highest BCUT2D eigenvalue weighted by Crippen LogP contribution is 2.16. The summed E-state index contributed by atoms with van der Waals surface area (Å²) in [6.45, 7) is 3.21. The van der Waals surface area contributed by atoms with Gasteiger partial charge in [0, 0.05) is 39.7 Å². The summed E-state index contributed by atoms with van der Waals surface area (Å²) in [6.07, 6.45) is 1.99. The number of aromatic nitrogens is 2. The molecule has 1 N–H and O–H groups in total. The number of imidazole rings is 1. The molecule has 0 spiro atoms. The molecule has 0 aromatic carbocycles. The van der Waals surface area contributed by atoms with Crippen LogP contribution < -0.4 is 0 Å². The van der Waals surface area contributed by atoms with Gasteiger partial charge in [0.1, 0.15) is 12.4 Å². The molecule has 1 fully saturated rings. The number of rotatable bonds is 5. The van der Waals surface area contributed by atoms with Gasteiger partial charge in [0.15, 0.2) is 5.03 Å². The van der Waals surface area contributed by atoms with Crippen molar-refractivity contribution in [3.05, 3.63) is 12.0 Å². The Bertz CT molecular complexity index is 590. The highest BCUT2D eigenvalue weighted by atomic mass is 32.2. The SMILES string of the molecule is CCc1ncc(S(=O)(=O)N2CCN(C(=O)COC)CC2)[nH]1. The number of carbonyl (C=O) groups is 1. The molecule has 1 amide bonds. The summed E-state index contributed by atoms with van der Waals surface area (Å²) in [6, 6.07) is 0. The van der Waals surface area contributed by atoms with Crippen LogP contribution in [-0.4, -0.2) is 73.4 Å². The molecule has 9 heteroatoms. The summed E-state index contributed by atoms with van der Waals surface area (Å²) in [4.78, 5) is 20.1. The summed E-state index contributed by atoms with van der Waals surface area (Å²) >= 11 is 0. The van der Waals surface area contributed by atoms with E-state index in [0.717, 1.165) is 0 Å². The fourth-order valence-corrected chi connectivity index (χ4v) is 3.54. The maximum atomic E-state index is 12.4. The molecular weight excluding hydrogens is 296 g/mol. The number of H-pyrrole nitrogens is 1. The number of sulfonamides is 1. The number of hydrogen-bond acceptors (Lipinski definition) is 5. The second-order valence-electron chi connectivity index (χ2n) is 4.77. The monoisotopic (exact) mass is 316 g/mol. The van der Waals surface area contributed by atoms with Crippen molar-refractivity contribution in [2.24, 2.45) is 0 Å². The Morgan fingerprint density at radius 1 is 1.38 bits per heavy atom. The maximum absolute atomic E-state index is 12.4. The Labute approximate surface area is 124 Å². The average Bonchev–Trinajstić information content (AvgIpc) is 2.97. The molecule has 0 radical (unpaired) electrons. The van der Waals surface area contributed by atoms with Crippen molar-refractivity contribution in [3.63, 3.8) is 0 Å². The normalized spacial score (nSPS) is 17.1. The summed E-state index contributed by atoms with van der Waals surface area (Å²) < 4.78 is 31.1. The zero-order valence-electron chi connectivity index (χ0n) is 12.2. The fraction of sp³-hybridized carbons (Fsp3) is 0.667. The highest BCUT2D eigenvalue weighted by Gasteiger charge is 2.31. The van der Waals surface area contributed by atoms with E-state index in [1.54, 1.807) is 4.90 Å². The van der Waals surface area contributed by atoms with Gasteiger partial charge in [-0.05, 0) is 0 Å². The van der Waals surface area contributed by atoms with Gasteiger partial charge in [-0.1, -0.05) is 6.92 Å². The van der Waals surface area contributed by atoms with E-state index in [1.165, 1.54) is 17.6 Å². The minimum Gasteiger partial charge on any atom is -0.375 e. The number of carbonyl (C=O) groups excluding carboxylic acids is 1. The summed E-state index contributed by atoms with van der Waals surface area (Å²) in [5.41, 5.74) is 0. The minimum atomic E-state index is -3.57. The van der Waals surface area contributed by atoms with Crippen molar-refractivity contribution >= 4 is 15.9 Å². The maximum Gasteiger partial charge on any atom is 0.260 e. The molecule has 1 aliphatic rings. The number of methoxy groups -OCH3 is 1. The van der Waals surface area contributed by atoms with Crippen LogP contribution in [0.3, 0.4) is 0 Å². The number of hydrogen-bond donors (Lipinski definition) is 1. The van der Waals surface area contributed by atoms with Gasteiger partial charge in [0.2, 0.25) is 5.91 Å². The first-order chi connectivity index (χ1) is 9.98. The van der Waals surface area contributed by atoms with Crippen molar-refractivity contribution in [2.45, 2.75) is 18.4 Å². The van der Waals surface area contributed by atoms with Crippen LogP contribution in [0.2, 0.25) is 0 Å². The van der Waals surface area contributed by atoms with Gasteiger partial charge < -0.3 is 14.6 Å². The molecule has 0 aliphatic carbocycles. The Balaban J connectivity index is 2.02. The zero-order chi connectivity index (χ0) is 15.5. The highest BCUT2D eigenvalue weighted by molar-refractivity contribution is 7.89. The van der Waals surface area contributed by atoms with Crippen LogP contribution in [0, 0.1) is 0 Å². The molecule has 1 aliphatic heterocycles. The van der Waals surface area contributed by atoms with Crippen molar-refractivity contribution in [3.8, 4) is 0 Å². The van der Waals surface area contributed by atoms with E-state index >= 15 is 0 Å². The molecule has 1 aromatic rings. The molecule has 21 heavy (non-hydrogen) atoms. The van der Waals surface area contributed by atoms with Gasteiger partial charge in [-0.25, -0.2) is 13.4 Å². The number of aromatic amines is 1. The number of amides is 1. The Morgan fingerprint density at radius 2 is 2.05 bits per heavy atom. The summed E-state index contributed by atoms with van der Waals surface area (Å²) in [5, 5.41) is 0.107. The third-order valence-electron chi connectivity index (χ3n) is 3.42. The van der Waals surface area contributed by atoms with Crippen LogP contribution in [0.25, 0.3) is 0 Å². The zero-order valence-corrected chi connectivity index (χ0v) is 13.0. The van der Waals surface area contributed by atoms with Crippen LogP contribution in [0.5, 0.6) is 0 Å². The summed E-state index contributed by atoms with van der Waals surface area (Å²) in [5.74, 6) is 0.520. The van der Waals surface area contributed by atoms with E-state index < -0.39 is 10.0 Å². The quantitative estimate of drug-likeness (QED) is 0.786. The number of nitrogens with one attached hydrogen (secondary N) is 1. The third kappa shape index (κ3) is 3.42.